The molecule has 70 valence electrons. The molecule has 0 aromatic heterocycles. The fourth-order valence-electron chi connectivity index (χ4n) is 0.723. The third kappa shape index (κ3) is 7.32. The fraction of sp³-hybridized carbons (Fsp3) is 0.700. The molecule has 0 saturated heterocycles. The molecule has 0 spiro atoms. The van der Waals surface area contributed by atoms with Crippen LogP contribution in [0.1, 0.15) is 33.1 Å². The van der Waals surface area contributed by atoms with Crippen LogP contribution in [0.25, 0.3) is 0 Å². The van der Waals surface area contributed by atoms with Crippen LogP contribution in [-0.4, -0.2) is 12.6 Å². The molecule has 0 aromatic carbocycles. The Morgan fingerprint density at radius 3 is 2.75 bits per heavy atom. The summed E-state index contributed by atoms with van der Waals surface area (Å²) >= 11 is 0. The molecule has 12 heavy (non-hydrogen) atoms. The molecule has 0 heterocycles. The van der Waals surface area contributed by atoms with Crippen molar-refractivity contribution in [2.24, 2.45) is 5.92 Å². The van der Waals surface area contributed by atoms with Gasteiger partial charge in [0.15, 0.2) is 0 Å². The molecular weight excluding hydrogens is 152 g/mol. The summed E-state index contributed by atoms with van der Waals surface area (Å²) in [6.45, 7) is 8.16. The zero-order valence-corrected chi connectivity index (χ0v) is 8.01. The quantitative estimate of drug-likeness (QED) is 0.348. The van der Waals surface area contributed by atoms with Crippen LogP contribution in [-0.2, 0) is 9.53 Å². The van der Waals surface area contributed by atoms with Gasteiger partial charge in [0.05, 0.1) is 6.61 Å². The number of allylic oxidation sites excluding steroid dienone is 1. The van der Waals surface area contributed by atoms with Gasteiger partial charge in [-0.15, -0.1) is 6.58 Å². The number of unbranched alkanes of at least 4 members (excludes halogenated alkanes) is 1. The van der Waals surface area contributed by atoms with E-state index >= 15 is 0 Å². The highest BCUT2D eigenvalue weighted by Crippen LogP contribution is 2.00. The summed E-state index contributed by atoms with van der Waals surface area (Å²) in [4.78, 5) is 11.0. The van der Waals surface area contributed by atoms with Crippen molar-refractivity contribution in [3.63, 3.8) is 0 Å². The lowest BCUT2D eigenvalue weighted by molar-refractivity contribution is -0.144. The minimum absolute atomic E-state index is 0.0921. The number of rotatable bonds is 6. The van der Waals surface area contributed by atoms with Crippen LogP contribution in [0.3, 0.4) is 0 Å². The summed E-state index contributed by atoms with van der Waals surface area (Å²) in [7, 11) is 0. The molecule has 0 unspecified atom stereocenters. The molecule has 2 nitrogen and oxygen atoms in total. The van der Waals surface area contributed by atoms with E-state index in [1.165, 1.54) is 0 Å². The van der Waals surface area contributed by atoms with Crippen molar-refractivity contribution < 1.29 is 9.53 Å². The molecule has 0 N–H and O–H groups in total. The molecule has 0 aliphatic carbocycles. The second-order valence-corrected chi connectivity index (χ2v) is 3.26. The molecule has 0 radical (unpaired) electrons. The number of hydrogen-bond acceptors (Lipinski definition) is 2. The number of esters is 1. The van der Waals surface area contributed by atoms with E-state index in [0.29, 0.717) is 18.9 Å². The molecule has 0 saturated carbocycles. The van der Waals surface area contributed by atoms with Gasteiger partial charge in [-0.25, -0.2) is 0 Å². The summed E-state index contributed by atoms with van der Waals surface area (Å²) in [5.41, 5.74) is 0. The van der Waals surface area contributed by atoms with Crippen molar-refractivity contribution in [2.75, 3.05) is 6.61 Å². The van der Waals surface area contributed by atoms with Crippen LogP contribution in [0.15, 0.2) is 12.7 Å². The summed E-state index contributed by atoms with van der Waals surface area (Å²) in [5.74, 6) is 0.332. The van der Waals surface area contributed by atoms with Gasteiger partial charge in [-0.2, -0.15) is 0 Å². The number of carbonyl (C=O) groups excluding carboxylic acids is 1. The molecule has 0 aliphatic heterocycles. The van der Waals surface area contributed by atoms with Gasteiger partial charge in [0.1, 0.15) is 0 Å². The first kappa shape index (κ1) is 11.2. The Balaban J connectivity index is 3.27. The Morgan fingerprint density at radius 1 is 1.58 bits per heavy atom. The fourth-order valence-corrected chi connectivity index (χ4v) is 0.723. The summed E-state index contributed by atoms with van der Waals surface area (Å²) in [6, 6.07) is 0. The van der Waals surface area contributed by atoms with Crippen molar-refractivity contribution in [1.29, 1.82) is 0 Å². The lowest BCUT2D eigenvalue weighted by atomic mass is 10.2. The van der Waals surface area contributed by atoms with Crippen molar-refractivity contribution in [1.82, 2.24) is 0 Å². The van der Waals surface area contributed by atoms with Gasteiger partial charge in [-0.3, -0.25) is 4.79 Å². The van der Waals surface area contributed by atoms with Crippen LogP contribution >= 0.6 is 0 Å². The van der Waals surface area contributed by atoms with E-state index in [0.717, 1.165) is 12.8 Å². The van der Waals surface area contributed by atoms with Crippen molar-refractivity contribution in [3.8, 4) is 0 Å². The summed E-state index contributed by atoms with van der Waals surface area (Å²) in [6.07, 6.45) is 4.06. The van der Waals surface area contributed by atoms with Crippen molar-refractivity contribution >= 4 is 5.97 Å². The van der Waals surface area contributed by atoms with Gasteiger partial charge in [-0.1, -0.05) is 19.9 Å². The minimum atomic E-state index is -0.0921. The first-order valence-corrected chi connectivity index (χ1v) is 4.43. The lowest BCUT2D eigenvalue weighted by Gasteiger charge is -2.05. The van der Waals surface area contributed by atoms with Crippen LogP contribution in [0.2, 0.25) is 0 Å². The standard InChI is InChI=1S/C10H18O2/c1-4-5-6-7-10(11)12-8-9(2)3/h4,9H,1,5-8H2,2-3H3. The highest BCUT2D eigenvalue weighted by atomic mass is 16.5. The predicted molar refractivity (Wildman–Crippen MR) is 49.8 cm³/mol. The maximum Gasteiger partial charge on any atom is 0.305 e. The van der Waals surface area contributed by atoms with E-state index in [4.69, 9.17) is 4.74 Å². The Kier molecular flexibility index (Phi) is 6.44. The van der Waals surface area contributed by atoms with Gasteiger partial charge < -0.3 is 4.74 Å². The zero-order chi connectivity index (χ0) is 9.40. The molecule has 0 aromatic rings. The number of ether oxygens (including phenoxy) is 1. The maximum atomic E-state index is 11.0. The van der Waals surface area contributed by atoms with Crippen LogP contribution in [0.4, 0.5) is 0 Å². The van der Waals surface area contributed by atoms with Gasteiger partial charge in [0.2, 0.25) is 0 Å². The van der Waals surface area contributed by atoms with E-state index in [1.54, 1.807) is 0 Å². The average molecular weight is 170 g/mol. The van der Waals surface area contributed by atoms with Gasteiger partial charge >= 0.3 is 5.97 Å². The monoisotopic (exact) mass is 170 g/mol. The van der Waals surface area contributed by atoms with E-state index in [2.05, 4.69) is 6.58 Å². The second-order valence-electron chi connectivity index (χ2n) is 3.26. The summed E-state index contributed by atoms with van der Waals surface area (Å²) < 4.78 is 4.98. The molecule has 0 aliphatic rings. The van der Waals surface area contributed by atoms with Crippen LogP contribution in [0, 0.1) is 5.92 Å². The molecule has 0 rings (SSSR count). The molecule has 0 fully saturated rings. The molecular formula is C10H18O2. The molecule has 0 atom stereocenters. The highest BCUT2D eigenvalue weighted by molar-refractivity contribution is 5.69. The Morgan fingerprint density at radius 2 is 2.25 bits per heavy atom. The van der Waals surface area contributed by atoms with E-state index in [9.17, 15) is 4.79 Å². The van der Waals surface area contributed by atoms with Crippen molar-refractivity contribution in [3.05, 3.63) is 12.7 Å². The van der Waals surface area contributed by atoms with Gasteiger partial charge in [-0.05, 0) is 18.8 Å². The molecule has 2 heteroatoms. The summed E-state index contributed by atoms with van der Waals surface area (Å²) in [5, 5.41) is 0. The van der Waals surface area contributed by atoms with Gasteiger partial charge in [0.25, 0.3) is 0 Å². The Bertz CT molecular complexity index is 139. The smallest absolute Gasteiger partial charge is 0.305 e. The molecule has 0 bridgehead atoms. The van der Waals surface area contributed by atoms with Crippen molar-refractivity contribution in [2.45, 2.75) is 33.1 Å². The Labute approximate surface area is 74.6 Å². The lowest BCUT2D eigenvalue weighted by Crippen LogP contribution is -2.09. The van der Waals surface area contributed by atoms with E-state index in [-0.39, 0.29) is 5.97 Å². The third-order valence-electron chi connectivity index (χ3n) is 1.37. The van der Waals surface area contributed by atoms with E-state index < -0.39 is 0 Å². The first-order valence-electron chi connectivity index (χ1n) is 4.43. The largest absolute Gasteiger partial charge is 0.465 e. The maximum absolute atomic E-state index is 11.0. The molecule has 0 amide bonds. The number of hydrogen-bond donors (Lipinski definition) is 0. The second kappa shape index (κ2) is 6.89. The first-order chi connectivity index (χ1) is 5.66. The highest BCUT2D eigenvalue weighted by Gasteiger charge is 2.02. The van der Waals surface area contributed by atoms with E-state index in [1.807, 2.05) is 19.9 Å². The normalized spacial score (nSPS) is 9.92. The topological polar surface area (TPSA) is 26.3 Å². The zero-order valence-electron chi connectivity index (χ0n) is 8.01. The average Bonchev–Trinajstić information content (AvgIpc) is 2.01. The minimum Gasteiger partial charge on any atom is -0.465 e. The third-order valence-corrected chi connectivity index (χ3v) is 1.37. The number of carbonyl (C=O) groups is 1. The van der Waals surface area contributed by atoms with Crippen LogP contribution < -0.4 is 0 Å². The SMILES string of the molecule is C=CCCCC(=O)OCC(C)C. The van der Waals surface area contributed by atoms with Gasteiger partial charge in [0, 0.05) is 6.42 Å². The Hall–Kier alpha value is -0.790. The predicted octanol–water partition coefficient (Wildman–Crippen LogP) is 2.54. The van der Waals surface area contributed by atoms with Crippen LogP contribution in [0.5, 0.6) is 0 Å².